The molecule has 0 fully saturated rings. The lowest BCUT2D eigenvalue weighted by atomic mass is 10.3. The van der Waals surface area contributed by atoms with Gasteiger partial charge in [-0.3, -0.25) is 9.59 Å². The number of halogens is 1. The normalized spacial score (nSPS) is 10.3. The Morgan fingerprint density at radius 2 is 2.16 bits per heavy atom. The summed E-state index contributed by atoms with van der Waals surface area (Å²) in [6.45, 7) is 2.15. The van der Waals surface area contributed by atoms with Gasteiger partial charge in [0.25, 0.3) is 5.91 Å². The minimum absolute atomic E-state index is 0.0848. The SMILES string of the molecule is CCOC(=O)CCN(CCO)C(=O)c1ccc(Br)o1. The molecule has 1 rings (SSSR count). The number of carbonyl (C=O) groups is 2. The Morgan fingerprint density at radius 1 is 1.42 bits per heavy atom. The first-order valence-corrected chi connectivity index (χ1v) is 6.68. The van der Waals surface area contributed by atoms with Crippen LogP contribution in [-0.4, -0.2) is 48.2 Å². The molecule has 1 aromatic rings. The molecule has 0 spiro atoms. The smallest absolute Gasteiger partial charge is 0.307 e. The lowest BCUT2D eigenvalue weighted by Crippen LogP contribution is -2.35. The molecule has 1 amide bonds. The molecule has 0 bridgehead atoms. The third kappa shape index (κ3) is 5.04. The highest BCUT2D eigenvalue weighted by molar-refractivity contribution is 9.10. The van der Waals surface area contributed by atoms with E-state index < -0.39 is 0 Å². The Hall–Kier alpha value is -1.34. The van der Waals surface area contributed by atoms with Crippen molar-refractivity contribution in [3.8, 4) is 0 Å². The molecular formula is C12H16BrNO5. The summed E-state index contributed by atoms with van der Waals surface area (Å²) in [5.74, 6) is -0.591. The molecule has 1 N–H and O–H groups in total. The van der Waals surface area contributed by atoms with Crippen molar-refractivity contribution in [1.29, 1.82) is 0 Å². The summed E-state index contributed by atoms with van der Waals surface area (Å²) in [5.41, 5.74) is 0. The van der Waals surface area contributed by atoms with E-state index in [9.17, 15) is 9.59 Å². The molecule has 0 aliphatic rings. The van der Waals surface area contributed by atoms with Crippen molar-refractivity contribution in [2.75, 3.05) is 26.3 Å². The van der Waals surface area contributed by atoms with E-state index in [-0.39, 0.29) is 43.8 Å². The topological polar surface area (TPSA) is 80.0 Å². The molecule has 0 radical (unpaired) electrons. The van der Waals surface area contributed by atoms with Crippen molar-refractivity contribution in [3.05, 3.63) is 22.6 Å². The van der Waals surface area contributed by atoms with Gasteiger partial charge in [0.05, 0.1) is 19.6 Å². The number of furan rings is 1. The Bertz CT molecular complexity index is 432. The highest BCUT2D eigenvalue weighted by atomic mass is 79.9. The van der Waals surface area contributed by atoms with Crippen molar-refractivity contribution >= 4 is 27.8 Å². The summed E-state index contributed by atoms with van der Waals surface area (Å²) in [4.78, 5) is 24.7. The van der Waals surface area contributed by atoms with Crippen LogP contribution in [0.5, 0.6) is 0 Å². The van der Waals surface area contributed by atoms with E-state index in [0.717, 1.165) is 0 Å². The minimum atomic E-state index is -0.376. The van der Waals surface area contributed by atoms with Crippen molar-refractivity contribution < 1.29 is 23.8 Å². The Kier molecular flexibility index (Phi) is 6.58. The van der Waals surface area contributed by atoms with Crippen LogP contribution < -0.4 is 0 Å². The van der Waals surface area contributed by atoms with E-state index in [1.54, 1.807) is 13.0 Å². The number of nitrogens with zero attached hydrogens (tertiary/aromatic N) is 1. The van der Waals surface area contributed by atoms with Crippen molar-refractivity contribution in [2.45, 2.75) is 13.3 Å². The molecule has 6 nitrogen and oxygen atoms in total. The van der Waals surface area contributed by atoms with Gasteiger partial charge in [-0.15, -0.1) is 0 Å². The zero-order valence-electron chi connectivity index (χ0n) is 10.6. The van der Waals surface area contributed by atoms with Gasteiger partial charge in [-0.2, -0.15) is 0 Å². The second kappa shape index (κ2) is 7.96. The first-order valence-electron chi connectivity index (χ1n) is 5.89. The Labute approximate surface area is 119 Å². The molecule has 0 atom stereocenters. The molecule has 0 saturated heterocycles. The van der Waals surface area contributed by atoms with Gasteiger partial charge in [0.1, 0.15) is 0 Å². The van der Waals surface area contributed by atoms with Gasteiger partial charge in [-0.1, -0.05) is 0 Å². The molecule has 0 aliphatic heterocycles. The molecule has 0 unspecified atom stereocenters. The van der Waals surface area contributed by atoms with E-state index in [0.29, 0.717) is 11.3 Å². The molecule has 7 heteroatoms. The van der Waals surface area contributed by atoms with Crippen LogP contribution in [0.1, 0.15) is 23.9 Å². The van der Waals surface area contributed by atoms with Crippen molar-refractivity contribution in [2.24, 2.45) is 0 Å². The highest BCUT2D eigenvalue weighted by Crippen LogP contribution is 2.16. The van der Waals surface area contributed by atoms with Crippen LogP contribution in [0.3, 0.4) is 0 Å². The molecule has 106 valence electrons. The van der Waals surface area contributed by atoms with Crippen LogP contribution in [0.15, 0.2) is 21.2 Å². The average molecular weight is 334 g/mol. The number of ether oxygens (including phenoxy) is 1. The van der Waals surface area contributed by atoms with Gasteiger partial charge in [0.15, 0.2) is 10.4 Å². The van der Waals surface area contributed by atoms with Crippen LogP contribution in [0.2, 0.25) is 0 Å². The number of hydrogen-bond donors (Lipinski definition) is 1. The maximum Gasteiger partial charge on any atom is 0.307 e. The van der Waals surface area contributed by atoms with Crippen LogP contribution in [0, 0.1) is 0 Å². The van der Waals surface area contributed by atoms with Gasteiger partial charge >= 0.3 is 5.97 Å². The van der Waals surface area contributed by atoms with Crippen molar-refractivity contribution in [3.63, 3.8) is 0 Å². The van der Waals surface area contributed by atoms with Crippen LogP contribution >= 0.6 is 15.9 Å². The van der Waals surface area contributed by atoms with E-state index in [4.69, 9.17) is 14.3 Å². The molecule has 1 heterocycles. The van der Waals surface area contributed by atoms with Crippen LogP contribution in [0.4, 0.5) is 0 Å². The van der Waals surface area contributed by atoms with Gasteiger partial charge < -0.3 is 19.2 Å². The van der Waals surface area contributed by atoms with Gasteiger partial charge in [-0.25, -0.2) is 0 Å². The number of esters is 1. The van der Waals surface area contributed by atoms with Gasteiger partial charge in [0, 0.05) is 13.1 Å². The van der Waals surface area contributed by atoms with Crippen LogP contribution in [0.25, 0.3) is 0 Å². The average Bonchev–Trinajstić information content (AvgIpc) is 2.80. The zero-order chi connectivity index (χ0) is 14.3. The van der Waals surface area contributed by atoms with Gasteiger partial charge in [-0.05, 0) is 35.0 Å². The van der Waals surface area contributed by atoms with E-state index in [2.05, 4.69) is 15.9 Å². The monoisotopic (exact) mass is 333 g/mol. The fourth-order valence-corrected chi connectivity index (χ4v) is 1.79. The maximum absolute atomic E-state index is 12.1. The molecule has 0 aliphatic carbocycles. The van der Waals surface area contributed by atoms with E-state index in [1.165, 1.54) is 11.0 Å². The second-order valence-corrected chi connectivity index (χ2v) is 4.46. The standard InChI is InChI=1S/C12H16BrNO5/c1-2-18-11(16)5-6-14(7-8-15)12(17)9-3-4-10(13)19-9/h3-4,15H,2,5-8H2,1H3. The predicted octanol–water partition coefficient (Wildman–Crippen LogP) is 1.43. The number of hydrogen-bond acceptors (Lipinski definition) is 5. The zero-order valence-corrected chi connectivity index (χ0v) is 12.2. The number of aliphatic hydroxyl groups excluding tert-OH is 1. The van der Waals surface area contributed by atoms with Gasteiger partial charge in [0.2, 0.25) is 0 Å². The first-order chi connectivity index (χ1) is 9.08. The van der Waals surface area contributed by atoms with Crippen molar-refractivity contribution in [1.82, 2.24) is 4.90 Å². The lowest BCUT2D eigenvalue weighted by Gasteiger charge is -2.19. The predicted molar refractivity (Wildman–Crippen MR) is 70.6 cm³/mol. The Balaban J connectivity index is 2.61. The van der Waals surface area contributed by atoms with Crippen LogP contribution in [-0.2, 0) is 9.53 Å². The largest absolute Gasteiger partial charge is 0.466 e. The summed E-state index contributed by atoms with van der Waals surface area (Å²) in [5, 5.41) is 8.96. The van der Waals surface area contributed by atoms with E-state index >= 15 is 0 Å². The number of rotatable bonds is 7. The number of aliphatic hydroxyl groups is 1. The second-order valence-electron chi connectivity index (χ2n) is 3.67. The summed E-state index contributed by atoms with van der Waals surface area (Å²) in [6.07, 6.45) is 0.0848. The molecule has 0 saturated carbocycles. The molecule has 1 aromatic heterocycles. The number of amides is 1. The fourth-order valence-electron chi connectivity index (χ4n) is 1.48. The van der Waals surface area contributed by atoms with E-state index in [1.807, 2.05) is 0 Å². The number of carbonyl (C=O) groups excluding carboxylic acids is 2. The summed E-state index contributed by atoms with van der Waals surface area (Å²) < 4.78 is 10.4. The Morgan fingerprint density at radius 3 is 2.68 bits per heavy atom. The summed E-state index contributed by atoms with van der Waals surface area (Å²) >= 11 is 3.11. The molecule has 0 aromatic carbocycles. The quantitative estimate of drug-likeness (QED) is 0.763. The third-order valence-electron chi connectivity index (χ3n) is 2.33. The molecular weight excluding hydrogens is 318 g/mol. The maximum atomic E-state index is 12.1. The third-order valence-corrected chi connectivity index (χ3v) is 2.76. The summed E-state index contributed by atoms with van der Waals surface area (Å²) in [7, 11) is 0. The molecule has 19 heavy (non-hydrogen) atoms. The highest BCUT2D eigenvalue weighted by Gasteiger charge is 2.19. The fraction of sp³-hybridized carbons (Fsp3) is 0.500. The minimum Gasteiger partial charge on any atom is -0.466 e. The lowest BCUT2D eigenvalue weighted by molar-refractivity contribution is -0.143. The summed E-state index contributed by atoms with van der Waals surface area (Å²) in [6, 6.07) is 3.14. The first kappa shape index (κ1) is 15.7.